The molecule has 0 atom stereocenters. The fourth-order valence-electron chi connectivity index (χ4n) is 2.14. The van der Waals surface area contributed by atoms with E-state index < -0.39 is 12.0 Å². The van der Waals surface area contributed by atoms with E-state index in [9.17, 15) is 13.2 Å². The summed E-state index contributed by atoms with van der Waals surface area (Å²) in [5.41, 5.74) is 6.94. The Morgan fingerprint density at radius 3 is 2.53 bits per heavy atom. The molecule has 1 saturated heterocycles. The number of piperidine rings is 1. The van der Waals surface area contributed by atoms with Crippen molar-refractivity contribution in [3.63, 3.8) is 0 Å². The first-order valence-electron chi connectivity index (χ1n) is 6.24. The Labute approximate surface area is 109 Å². The quantitative estimate of drug-likeness (QED) is 0.892. The van der Waals surface area contributed by atoms with E-state index in [1.165, 1.54) is 6.20 Å². The third kappa shape index (κ3) is 3.63. The van der Waals surface area contributed by atoms with E-state index in [1.807, 2.05) is 0 Å². The summed E-state index contributed by atoms with van der Waals surface area (Å²) in [6.07, 6.45) is -1.37. The Balaban J connectivity index is 2.05. The van der Waals surface area contributed by atoms with Crippen molar-refractivity contribution in [3.05, 3.63) is 23.3 Å². The summed E-state index contributed by atoms with van der Waals surface area (Å²) in [4.78, 5) is 9.11. The molecule has 0 aromatic carbocycles. The van der Waals surface area contributed by atoms with Crippen LogP contribution in [0.1, 0.15) is 29.9 Å². The first kappa shape index (κ1) is 14.2. The molecule has 1 aliphatic rings. The van der Waals surface area contributed by atoms with Crippen LogP contribution in [-0.4, -0.2) is 34.0 Å². The van der Waals surface area contributed by atoms with Crippen molar-refractivity contribution < 1.29 is 13.2 Å². The standard InChI is InChI=1S/C12H17F3N4/c1-8-9(6-17-11(18-8)12(13,14)15)7-19-4-2-10(16)3-5-19/h6,10H,2-5,7,16H2,1H3. The summed E-state index contributed by atoms with van der Waals surface area (Å²) in [6, 6.07) is 0.237. The molecule has 0 aliphatic carbocycles. The number of aryl methyl sites for hydroxylation is 1. The van der Waals surface area contributed by atoms with Gasteiger partial charge in [-0.25, -0.2) is 9.97 Å². The Morgan fingerprint density at radius 2 is 2.00 bits per heavy atom. The van der Waals surface area contributed by atoms with E-state index in [-0.39, 0.29) is 6.04 Å². The number of nitrogens with zero attached hydrogens (tertiary/aromatic N) is 3. The molecule has 2 rings (SSSR count). The molecule has 1 fully saturated rings. The molecule has 106 valence electrons. The SMILES string of the molecule is Cc1nc(C(F)(F)F)ncc1CN1CCC(N)CC1. The van der Waals surface area contributed by atoms with Gasteiger partial charge < -0.3 is 5.73 Å². The number of rotatable bonds is 2. The van der Waals surface area contributed by atoms with Gasteiger partial charge in [0.15, 0.2) is 0 Å². The van der Waals surface area contributed by atoms with Crippen molar-refractivity contribution in [1.29, 1.82) is 0 Å². The summed E-state index contributed by atoms with van der Waals surface area (Å²) in [6.45, 7) is 3.89. The summed E-state index contributed by atoms with van der Waals surface area (Å²) in [7, 11) is 0. The molecule has 0 radical (unpaired) electrons. The van der Waals surface area contributed by atoms with Gasteiger partial charge in [0.1, 0.15) is 0 Å². The lowest BCUT2D eigenvalue weighted by atomic mass is 10.1. The van der Waals surface area contributed by atoms with Crippen LogP contribution in [0.5, 0.6) is 0 Å². The molecule has 7 heteroatoms. The van der Waals surface area contributed by atoms with Crippen molar-refractivity contribution in [3.8, 4) is 0 Å². The van der Waals surface area contributed by atoms with Crippen molar-refractivity contribution in [1.82, 2.24) is 14.9 Å². The second kappa shape index (κ2) is 5.42. The Morgan fingerprint density at radius 1 is 1.37 bits per heavy atom. The molecule has 1 aromatic rings. The topological polar surface area (TPSA) is 55.0 Å². The summed E-state index contributed by atoms with van der Waals surface area (Å²) >= 11 is 0. The molecular formula is C12H17F3N4. The average Bonchev–Trinajstić information content (AvgIpc) is 2.33. The Hall–Kier alpha value is -1.21. The lowest BCUT2D eigenvalue weighted by Crippen LogP contribution is -2.39. The lowest BCUT2D eigenvalue weighted by molar-refractivity contribution is -0.145. The maximum absolute atomic E-state index is 12.5. The molecule has 2 heterocycles. The molecule has 1 aromatic heterocycles. The van der Waals surface area contributed by atoms with E-state index in [4.69, 9.17) is 5.73 Å². The van der Waals surface area contributed by atoms with Crippen LogP contribution < -0.4 is 5.73 Å². The van der Waals surface area contributed by atoms with Gasteiger partial charge in [-0.2, -0.15) is 13.2 Å². The number of likely N-dealkylation sites (tertiary alicyclic amines) is 1. The molecule has 2 N–H and O–H groups in total. The average molecular weight is 274 g/mol. The van der Waals surface area contributed by atoms with E-state index in [0.717, 1.165) is 31.5 Å². The zero-order valence-electron chi connectivity index (χ0n) is 10.7. The first-order chi connectivity index (χ1) is 8.86. The predicted octanol–water partition coefficient (Wildman–Crippen LogP) is 1.73. The zero-order valence-corrected chi connectivity index (χ0v) is 10.7. The largest absolute Gasteiger partial charge is 0.451 e. The van der Waals surface area contributed by atoms with E-state index >= 15 is 0 Å². The number of hydrogen-bond acceptors (Lipinski definition) is 4. The van der Waals surface area contributed by atoms with Gasteiger partial charge >= 0.3 is 6.18 Å². The minimum absolute atomic E-state index is 0.237. The van der Waals surface area contributed by atoms with Crippen molar-refractivity contribution >= 4 is 0 Å². The van der Waals surface area contributed by atoms with Gasteiger partial charge in [-0.3, -0.25) is 4.90 Å². The Kier molecular flexibility index (Phi) is 4.05. The predicted molar refractivity (Wildman–Crippen MR) is 64.3 cm³/mol. The zero-order chi connectivity index (χ0) is 14.0. The molecule has 1 aliphatic heterocycles. The van der Waals surface area contributed by atoms with Gasteiger partial charge in [0, 0.05) is 30.0 Å². The summed E-state index contributed by atoms with van der Waals surface area (Å²) < 4.78 is 37.4. The van der Waals surface area contributed by atoms with Gasteiger partial charge in [-0.1, -0.05) is 0 Å². The van der Waals surface area contributed by atoms with E-state index in [2.05, 4.69) is 14.9 Å². The van der Waals surface area contributed by atoms with Crippen LogP contribution in [0.25, 0.3) is 0 Å². The second-order valence-corrected chi connectivity index (χ2v) is 4.92. The molecule has 4 nitrogen and oxygen atoms in total. The maximum atomic E-state index is 12.5. The molecule has 0 amide bonds. The van der Waals surface area contributed by atoms with Crippen LogP contribution in [0.3, 0.4) is 0 Å². The van der Waals surface area contributed by atoms with Crippen LogP contribution in [0.4, 0.5) is 13.2 Å². The first-order valence-corrected chi connectivity index (χ1v) is 6.24. The highest BCUT2D eigenvalue weighted by Gasteiger charge is 2.34. The molecule has 19 heavy (non-hydrogen) atoms. The van der Waals surface area contributed by atoms with Crippen molar-refractivity contribution in [2.24, 2.45) is 5.73 Å². The lowest BCUT2D eigenvalue weighted by Gasteiger charge is -2.30. The van der Waals surface area contributed by atoms with Crippen LogP contribution in [0.15, 0.2) is 6.20 Å². The smallest absolute Gasteiger partial charge is 0.328 e. The summed E-state index contributed by atoms with van der Waals surface area (Å²) in [5, 5.41) is 0. The number of alkyl halides is 3. The van der Waals surface area contributed by atoms with Gasteiger partial charge in [0.05, 0.1) is 0 Å². The molecule has 0 spiro atoms. The van der Waals surface area contributed by atoms with Gasteiger partial charge in [0.2, 0.25) is 5.82 Å². The highest BCUT2D eigenvalue weighted by Crippen LogP contribution is 2.26. The van der Waals surface area contributed by atoms with Crippen LogP contribution in [0.2, 0.25) is 0 Å². The number of nitrogens with two attached hydrogens (primary N) is 1. The van der Waals surface area contributed by atoms with Crippen LogP contribution in [0, 0.1) is 6.92 Å². The maximum Gasteiger partial charge on any atom is 0.451 e. The summed E-state index contributed by atoms with van der Waals surface area (Å²) in [5.74, 6) is -1.07. The fraction of sp³-hybridized carbons (Fsp3) is 0.667. The molecule has 0 unspecified atom stereocenters. The third-order valence-electron chi connectivity index (χ3n) is 3.36. The third-order valence-corrected chi connectivity index (χ3v) is 3.36. The number of aromatic nitrogens is 2. The fourth-order valence-corrected chi connectivity index (χ4v) is 2.14. The highest BCUT2D eigenvalue weighted by atomic mass is 19.4. The monoisotopic (exact) mass is 274 g/mol. The van der Waals surface area contributed by atoms with Crippen molar-refractivity contribution in [2.75, 3.05) is 13.1 Å². The molecule has 0 saturated carbocycles. The van der Waals surface area contributed by atoms with Gasteiger partial charge in [0.25, 0.3) is 0 Å². The number of halogens is 3. The van der Waals surface area contributed by atoms with Crippen LogP contribution >= 0.6 is 0 Å². The van der Waals surface area contributed by atoms with E-state index in [1.54, 1.807) is 6.92 Å². The van der Waals surface area contributed by atoms with Crippen molar-refractivity contribution in [2.45, 2.75) is 38.5 Å². The van der Waals surface area contributed by atoms with Gasteiger partial charge in [-0.15, -0.1) is 0 Å². The second-order valence-electron chi connectivity index (χ2n) is 4.92. The molecular weight excluding hydrogens is 257 g/mol. The minimum atomic E-state index is -4.48. The highest BCUT2D eigenvalue weighted by molar-refractivity contribution is 5.17. The minimum Gasteiger partial charge on any atom is -0.328 e. The van der Waals surface area contributed by atoms with E-state index in [0.29, 0.717) is 12.2 Å². The number of hydrogen-bond donors (Lipinski definition) is 1. The van der Waals surface area contributed by atoms with Crippen LogP contribution in [-0.2, 0) is 12.7 Å². The molecule has 0 bridgehead atoms. The van der Waals surface area contributed by atoms with Gasteiger partial charge in [-0.05, 0) is 32.9 Å². The normalized spacial score (nSPS) is 18.8. The Bertz CT molecular complexity index is 439.